The van der Waals surface area contributed by atoms with E-state index in [1.165, 1.54) is 5.56 Å². The zero-order valence-corrected chi connectivity index (χ0v) is 13.1. The molecule has 2 aromatic rings. The highest BCUT2D eigenvalue weighted by Gasteiger charge is 2.00. The number of hydrogen-bond donors (Lipinski definition) is 1. The van der Waals surface area contributed by atoms with Crippen molar-refractivity contribution in [2.24, 2.45) is 0 Å². The topological polar surface area (TPSA) is 12.0 Å². The third-order valence-electron chi connectivity index (χ3n) is 2.48. The molecule has 100 valence electrons. The highest BCUT2D eigenvalue weighted by molar-refractivity contribution is 7.98. The van der Waals surface area contributed by atoms with Gasteiger partial charge in [-0.3, -0.25) is 0 Å². The van der Waals surface area contributed by atoms with Crippen LogP contribution < -0.4 is 5.32 Å². The summed E-state index contributed by atoms with van der Waals surface area (Å²) in [5.41, 5.74) is 2.15. The van der Waals surface area contributed by atoms with Crippen LogP contribution in [0.1, 0.15) is 5.56 Å². The molecule has 0 atom stereocenters. The van der Waals surface area contributed by atoms with Crippen molar-refractivity contribution in [3.63, 3.8) is 0 Å². The number of hydrogen-bond acceptors (Lipinski definition) is 2. The molecule has 0 saturated heterocycles. The summed E-state index contributed by atoms with van der Waals surface area (Å²) in [6, 6.07) is 13.3. The molecule has 0 spiro atoms. The van der Waals surface area contributed by atoms with Gasteiger partial charge in [0.05, 0.1) is 16.6 Å². The van der Waals surface area contributed by atoms with Gasteiger partial charge in [-0.05, 0) is 35.9 Å². The van der Waals surface area contributed by atoms with E-state index in [4.69, 9.17) is 34.8 Å². The van der Waals surface area contributed by atoms with Gasteiger partial charge in [0.25, 0.3) is 0 Å². The Balaban J connectivity index is 1.79. The molecule has 0 unspecified atom stereocenters. The molecule has 0 aliphatic heterocycles. The van der Waals surface area contributed by atoms with Gasteiger partial charge in [0, 0.05) is 15.8 Å². The van der Waals surface area contributed by atoms with Crippen molar-refractivity contribution < 1.29 is 0 Å². The molecule has 5 heteroatoms. The van der Waals surface area contributed by atoms with Gasteiger partial charge in [0.1, 0.15) is 0 Å². The number of anilines is 1. The summed E-state index contributed by atoms with van der Waals surface area (Å²) in [6.07, 6.45) is 0. The van der Waals surface area contributed by atoms with Gasteiger partial charge in [-0.1, -0.05) is 46.9 Å². The Hall–Kier alpha value is -0.540. The molecule has 0 saturated carbocycles. The summed E-state index contributed by atoms with van der Waals surface area (Å²) in [4.78, 5) is 0. The molecule has 0 amide bonds. The lowest BCUT2D eigenvalue weighted by Gasteiger charge is -2.08. The van der Waals surface area contributed by atoms with E-state index in [0.717, 1.165) is 22.3 Å². The van der Waals surface area contributed by atoms with Gasteiger partial charge >= 0.3 is 0 Å². The van der Waals surface area contributed by atoms with Crippen LogP contribution >= 0.6 is 46.6 Å². The second kappa shape index (κ2) is 7.30. The first-order valence-corrected chi connectivity index (χ1v) is 7.95. The molecule has 0 aliphatic carbocycles. The normalized spacial score (nSPS) is 10.5. The molecule has 0 fully saturated rings. The van der Waals surface area contributed by atoms with Crippen LogP contribution in [0.3, 0.4) is 0 Å². The van der Waals surface area contributed by atoms with Crippen LogP contribution in [0, 0.1) is 0 Å². The van der Waals surface area contributed by atoms with Gasteiger partial charge in [0.2, 0.25) is 0 Å². The second-order valence-corrected chi connectivity index (χ2v) is 6.19. The average molecular weight is 333 g/mol. The van der Waals surface area contributed by atoms with Gasteiger partial charge in [-0.25, -0.2) is 0 Å². The molecule has 2 aromatic carbocycles. The summed E-state index contributed by atoms with van der Waals surface area (Å²) in [5, 5.41) is 5.31. The standard InChI is InChI=1S/C14H12Cl3NS/c15-11-3-1-10(2-4-11)8-19-9-18-14-6-5-12(16)7-13(14)17/h1-7,18H,8-9H2. The first-order chi connectivity index (χ1) is 9.15. The SMILES string of the molecule is Clc1ccc(CSCNc2ccc(Cl)cc2Cl)cc1. The maximum absolute atomic E-state index is 6.07. The number of rotatable bonds is 5. The summed E-state index contributed by atoms with van der Waals surface area (Å²) < 4.78 is 0. The van der Waals surface area contributed by atoms with Crippen molar-refractivity contribution in [2.75, 3.05) is 11.2 Å². The molecule has 0 bridgehead atoms. The minimum Gasteiger partial charge on any atom is -0.375 e. The van der Waals surface area contributed by atoms with Crippen molar-refractivity contribution in [1.82, 2.24) is 0 Å². The third kappa shape index (κ3) is 4.81. The Morgan fingerprint density at radius 2 is 1.58 bits per heavy atom. The van der Waals surface area contributed by atoms with E-state index < -0.39 is 0 Å². The van der Waals surface area contributed by atoms with Crippen LogP contribution in [0.15, 0.2) is 42.5 Å². The van der Waals surface area contributed by atoms with Crippen LogP contribution in [0.5, 0.6) is 0 Å². The Kier molecular flexibility index (Phi) is 5.71. The fraction of sp³-hybridized carbons (Fsp3) is 0.143. The highest BCUT2D eigenvalue weighted by atomic mass is 35.5. The molecule has 19 heavy (non-hydrogen) atoms. The lowest BCUT2D eigenvalue weighted by Crippen LogP contribution is -1.98. The van der Waals surface area contributed by atoms with Crippen LogP contribution in [0.2, 0.25) is 15.1 Å². The largest absolute Gasteiger partial charge is 0.375 e. The summed E-state index contributed by atoms with van der Waals surface area (Å²) in [6.45, 7) is 0. The van der Waals surface area contributed by atoms with Crippen molar-refractivity contribution in [3.05, 3.63) is 63.1 Å². The molecule has 0 aliphatic rings. The van der Waals surface area contributed by atoms with Crippen molar-refractivity contribution in [1.29, 1.82) is 0 Å². The van der Waals surface area contributed by atoms with E-state index in [1.807, 2.05) is 36.4 Å². The number of thioether (sulfide) groups is 1. The van der Waals surface area contributed by atoms with E-state index in [9.17, 15) is 0 Å². The number of benzene rings is 2. The lowest BCUT2D eigenvalue weighted by molar-refractivity contribution is 1.39. The van der Waals surface area contributed by atoms with Crippen LogP contribution in [-0.4, -0.2) is 5.88 Å². The second-order valence-electron chi connectivity index (χ2n) is 3.92. The number of halogens is 3. The first-order valence-electron chi connectivity index (χ1n) is 5.66. The lowest BCUT2D eigenvalue weighted by atomic mass is 10.2. The minimum atomic E-state index is 0.639. The minimum absolute atomic E-state index is 0.639. The summed E-state index contributed by atoms with van der Waals surface area (Å²) in [7, 11) is 0. The van der Waals surface area contributed by atoms with Crippen molar-refractivity contribution in [3.8, 4) is 0 Å². The fourth-order valence-electron chi connectivity index (χ4n) is 1.51. The van der Waals surface area contributed by atoms with Gasteiger partial charge in [-0.15, -0.1) is 11.8 Å². The van der Waals surface area contributed by atoms with E-state index in [1.54, 1.807) is 17.8 Å². The molecule has 1 N–H and O–H groups in total. The van der Waals surface area contributed by atoms with Gasteiger partial charge in [0.15, 0.2) is 0 Å². The van der Waals surface area contributed by atoms with Crippen LogP contribution in [-0.2, 0) is 5.75 Å². The average Bonchev–Trinajstić information content (AvgIpc) is 2.39. The molecule has 0 radical (unpaired) electrons. The van der Waals surface area contributed by atoms with E-state index in [0.29, 0.717) is 10.0 Å². The third-order valence-corrected chi connectivity index (χ3v) is 4.16. The summed E-state index contributed by atoms with van der Waals surface area (Å²) >= 11 is 19.5. The van der Waals surface area contributed by atoms with Crippen LogP contribution in [0.4, 0.5) is 5.69 Å². The van der Waals surface area contributed by atoms with Gasteiger partial charge in [-0.2, -0.15) is 0 Å². The van der Waals surface area contributed by atoms with Crippen molar-refractivity contribution >= 4 is 52.3 Å². The van der Waals surface area contributed by atoms with E-state index >= 15 is 0 Å². The quantitative estimate of drug-likeness (QED) is 0.536. The predicted octanol–water partition coefficient (Wildman–Crippen LogP) is 5.95. The Morgan fingerprint density at radius 3 is 2.26 bits per heavy atom. The molecular formula is C14H12Cl3NS. The predicted molar refractivity (Wildman–Crippen MR) is 87.7 cm³/mol. The maximum atomic E-state index is 6.07. The molecule has 2 rings (SSSR count). The molecular weight excluding hydrogens is 321 g/mol. The molecule has 0 heterocycles. The van der Waals surface area contributed by atoms with Crippen LogP contribution in [0.25, 0.3) is 0 Å². The monoisotopic (exact) mass is 331 g/mol. The Morgan fingerprint density at radius 1 is 0.895 bits per heavy atom. The van der Waals surface area contributed by atoms with Gasteiger partial charge < -0.3 is 5.32 Å². The fourth-order valence-corrected chi connectivity index (χ4v) is 2.90. The zero-order valence-electron chi connectivity index (χ0n) is 10.00. The molecule has 0 aromatic heterocycles. The number of nitrogens with one attached hydrogen (secondary N) is 1. The van der Waals surface area contributed by atoms with Crippen molar-refractivity contribution in [2.45, 2.75) is 5.75 Å². The Bertz CT molecular complexity index is 543. The maximum Gasteiger partial charge on any atom is 0.0652 e. The van der Waals surface area contributed by atoms with E-state index in [2.05, 4.69) is 5.32 Å². The zero-order chi connectivity index (χ0) is 13.7. The Labute approximate surface area is 132 Å². The highest BCUT2D eigenvalue weighted by Crippen LogP contribution is 2.26. The first kappa shape index (κ1) is 14.9. The smallest absolute Gasteiger partial charge is 0.0652 e. The molecule has 1 nitrogen and oxygen atoms in total. The summed E-state index contributed by atoms with van der Waals surface area (Å²) in [5.74, 6) is 1.71. The van der Waals surface area contributed by atoms with E-state index in [-0.39, 0.29) is 0 Å².